The van der Waals surface area contributed by atoms with Crippen LogP contribution in [0.2, 0.25) is 0 Å². The van der Waals surface area contributed by atoms with E-state index in [1.807, 2.05) is 31.2 Å². The zero-order valence-corrected chi connectivity index (χ0v) is 16.1. The maximum Gasteiger partial charge on any atom is 0.303 e. The summed E-state index contributed by atoms with van der Waals surface area (Å²) in [6.45, 7) is 2.63. The van der Waals surface area contributed by atoms with Crippen molar-refractivity contribution in [2.75, 3.05) is 6.61 Å². The van der Waals surface area contributed by atoms with Gasteiger partial charge in [0.2, 0.25) is 5.91 Å². The van der Waals surface area contributed by atoms with E-state index in [1.165, 1.54) is 25.7 Å². The van der Waals surface area contributed by atoms with Gasteiger partial charge in [-0.05, 0) is 43.9 Å². The highest BCUT2D eigenvalue weighted by Crippen LogP contribution is 2.21. The third kappa shape index (κ3) is 8.43. The van der Waals surface area contributed by atoms with Gasteiger partial charge >= 0.3 is 5.97 Å². The standard InChI is InChI=1S/C21H31NO5/c1-16(27-19-7-4-2-3-5-8-19)21(25)22-15-17-10-12-18(13-11-17)26-14-6-9-20(23)24/h10-13,16,19H,2-9,14-15H2,1H3,(H,22,25)(H,23,24). The number of carboxylic acid groups (broad SMARTS) is 1. The molecule has 2 rings (SSSR count). The Labute approximate surface area is 161 Å². The second kappa shape index (κ2) is 11.6. The summed E-state index contributed by atoms with van der Waals surface area (Å²) in [5.41, 5.74) is 0.975. The molecule has 1 amide bonds. The van der Waals surface area contributed by atoms with Gasteiger partial charge in [-0.3, -0.25) is 9.59 Å². The minimum absolute atomic E-state index is 0.0896. The third-order valence-corrected chi connectivity index (χ3v) is 4.76. The van der Waals surface area contributed by atoms with Crippen molar-refractivity contribution in [1.29, 1.82) is 0 Å². The highest BCUT2D eigenvalue weighted by atomic mass is 16.5. The van der Waals surface area contributed by atoms with Crippen molar-refractivity contribution in [2.45, 2.75) is 77.0 Å². The molecule has 1 aromatic carbocycles. The molecule has 1 fully saturated rings. The predicted molar refractivity (Wildman–Crippen MR) is 103 cm³/mol. The Morgan fingerprint density at radius 3 is 2.44 bits per heavy atom. The zero-order chi connectivity index (χ0) is 19.5. The van der Waals surface area contributed by atoms with Gasteiger partial charge in [-0.15, -0.1) is 0 Å². The van der Waals surface area contributed by atoms with Gasteiger partial charge in [-0.2, -0.15) is 0 Å². The Morgan fingerprint density at radius 2 is 1.81 bits per heavy atom. The normalized spacial score (nSPS) is 16.3. The van der Waals surface area contributed by atoms with E-state index in [0.29, 0.717) is 25.3 Å². The maximum atomic E-state index is 12.3. The molecule has 2 N–H and O–H groups in total. The molecule has 0 heterocycles. The largest absolute Gasteiger partial charge is 0.494 e. The number of carboxylic acids is 1. The fraction of sp³-hybridized carbons (Fsp3) is 0.619. The summed E-state index contributed by atoms with van der Waals surface area (Å²) < 4.78 is 11.4. The molecule has 0 radical (unpaired) electrons. The van der Waals surface area contributed by atoms with Crippen LogP contribution in [0.5, 0.6) is 5.75 Å². The van der Waals surface area contributed by atoms with Crippen LogP contribution >= 0.6 is 0 Å². The number of benzene rings is 1. The average molecular weight is 377 g/mol. The van der Waals surface area contributed by atoms with Crippen molar-refractivity contribution in [1.82, 2.24) is 5.32 Å². The van der Waals surface area contributed by atoms with E-state index in [1.54, 1.807) is 0 Å². The van der Waals surface area contributed by atoms with E-state index in [0.717, 1.165) is 18.4 Å². The van der Waals surface area contributed by atoms with Crippen LogP contribution in [0.1, 0.15) is 63.9 Å². The van der Waals surface area contributed by atoms with Crippen molar-refractivity contribution in [3.05, 3.63) is 29.8 Å². The van der Waals surface area contributed by atoms with Gasteiger partial charge in [-0.25, -0.2) is 0 Å². The number of rotatable bonds is 10. The molecule has 0 aromatic heterocycles. The van der Waals surface area contributed by atoms with Crippen LogP contribution in [-0.4, -0.2) is 35.8 Å². The molecule has 1 aromatic rings. The molecular formula is C21H31NO5. The van der Waals surface area contributed by atoms with E-state index in [9.17, 15) is 9.59 Å². The number of carbonyl (C=O) groups is 2. The lowest BCUT2D eigenvalue weighted by Crippen LogP contribution is -2.36. The van der Waals surface area contributed by atoms with Crippen molar-refractivity contribution >= 4 is 11.9 Å². The Kier molecular flexibility index (Phi) is 9.11. The molecule has 1 aliphatic rings. The number of aliphatic carboxylic acids is 1. The highest BCUT2D eigenvalue weighted by Gasteiger charge is 2.20. The van der Waals surface area contributed by atoms with E-state index in [2.05, 4.69) is 5.32 Å². The van der Waals surface area contributed by atoms with E-state index in [4.69, 9.17) is 14.6 Å². The summed E-state index contributed by atoms with van der Waals surface area (Å²) in [6.07, 6.45) is 7.33. The molecule has 1 saturated carbocycles. The first-order valence-electron chi connectivity index (χ1n) is 9.91. The van der Waals surface area contributed by atoms with Gasteiger partial charge in [0.1, 0.15) is 11.9 Å². The molecule has 0 spiro atoms. The molecule has 1 aliphatic carbocycles. The van der Waals surface area contributed by atoms with Crippen LogP contribution < -0.4 is 10.1 Å². The van der Waals surface area contributed by atoms with Crippen molar-refractivity contribution in [3.8, 4) is 5.75 Å². The van der Waals surface area contributed by atoms with Gasteiger partial charge in [0.25, 0.3) is 0 Å². The second-order valence-corrected chi connectivity index (χ2v) is 7.10. The number of carbonyl (C=O) groups excluding carboxylic acids is 1. The Hall–Kier alpha value is -2.08. The minimum atomic E-state index is -0.818. The number of amides is 1. The van der Waals surface area contributed by atoms with Crippen LogP contribution in [0.3, 0.4) is 0 Å². The molecule has 6 heteroatoms. The molecule has 6 nitrogen and oxygen atoms in total. The van der Waals surface area contributed by atoms with E-state index in [-0.39, 0.29) is 18.4 Å². The van der Waals surface area contributed by atoms with Gasteiger partial charge < -0.3 is 19.9 Å². The molecule has 1 unspecified atom stereocenters. The van der Waals surface area contributed by atoms with Crippen molar-refractivity contribution in [3.63, 3.8) is 0 Å². The van der Waals surface area contributed by atoms with Gasteiger partial charge in [0.15, 0.2) is 0 Å². The van der Waals surface area contributed by atoms with E-state index >= 15 is 0 Å². The van der Waals surface area contributed by atoms with Crippen molar-refractivity contribution in [2.24, 2.45) is 0 Å². The first-order chi connectivity index (χ1) is 13.0. The quantitative estimate of drug-likeness (QED) is 0.480. The zero-order valence-electron chi connectivity index (χ0n) is 16.1. The lowest BCUT2D eigenvalue weighted by Gasteiger charge is -2.20. The number of hydrogen-bond acceptors (Lipinski definition) is 4. The fourth-order valence-corrected chi connectivity index (χ4v) is 3.18. The monoisotopic (exact) mass is 377 g/mol. The SMILES string of the molecule is CC(OC1CCCCCC1)C(=O)NCc1ccc(OCCCC(=O)O)cc1. The van der Waals surface area contributed by atoms with Crippen LogP contribution in [0.25, 0.3) is 0 Å². The van der Waals surface area contributed by atoms with Crippen molar-refractivity contribution < 1.29 is 24.2 Å². The number of hydrogen-bond donors (Lipinski definition) is 2. The van der Waals surface area contributed by atoms with E-state index < -0.39 is 12.1 Å². The summed E-state index contributed by atoms with van der Waals surface area (Å²) >= 11 is 0. The summed E-state index contributed by atoms with van der Waals surface area (Å²) in [6, 6.07) is 7.44. The number of ether oxygens (including phenoxy) is 2. The summed E-state index contributed by atoms with van der Waals surface area (Å²) in [5.74, 6) is -0.212. The topological polar surface area (TPSA) is 84.9 Å². The lowest BCUT2D eigenvalue weighted by molar-refractivity contribution is -0.137. The smallest absolute Gasteiger partial charge is 0.303 e. The summed E-state index contributed by atoms with van der Waals surface area (Å²) in [7, 11) is 0. The predicted octanol–water partition coefficient (Wildman–Crippen LogP) is 3.67. The molecule has 0 bridgehead atoms. The van der Waals surface area contributed by atoms with Crippen LogP contribution in [0, 0.1) is 0 Å². The summed E-state index contributed by atoms with van der Waals surface area (Å²) in [5, 5.41) is 11.5. The van der Waals surface area contributed by atoms with Crippen LogP contribution in [-0.2, 0) is 20.9 Å². The lowest BCUT2D eigenvalue weighted by atomic mass is 10.1. The van der Waals surface area contributed by atoms with Gasteiger partial charge in [-0.1, -0.05) is 37.8 Å². The fourth-order valence-electron chi connectivity index (χ4n) is 3.18. The van der Waals surface area contributed by atoms with Gasteiger partial charge in [0.05, 0.1) is 12.7 Å². The highest BCUT2D eigenvalue weighted by molar-refractivity contribution is 5.80. The third-order valence-electron chi connectivity index (χ3n) is 4.76. The van der Waals surface area contributed by atoms with Crippen LogP contribution in [0.15, 0.2) is 24.3 Å². The average Bonchev–Trinajstić information content (AvgIpc) is 2.92. The summed E-state index contributed by atoms with van der Waals surface area (Å²) in [4.78, 5) is 22.7. The van der Waals surface area contributed by atoms with Crippen LogP contribution in [0.4, 0.5) is 0 Å². The first kappa shape index (κ1) is 21.2. The Balaban J connectivity index is 1.68. The molecule has 1 atom stereocenters. The molecule has 150 valence electrons. The Bertz CT molecular complexity index is 579. The molecule has 0 saturated heterocycles. The first-order valence-corrected chi connectivity index (χ1v) is 9.91. The Morgan fingerprint density at radius 1 is 1.15 bits per heavy atom. The molecule has 27 heavy (non-hydrogen) atoms. The maximum absolute atomic E-state index is 12.3. The second-order valence-electron chi connectivity index (χ2n) is 7.10. The minimum Gasteiger partial charge on any atom is -0.494 e. The molecular weight excluding hydrogens is 346 g/mol. The number of nitrogens with one attached hydrogen (secondary N) is 1. The molecule has 0 aliphatic heterocycles. The van der Waals surface area contributed by atoms with Gasteiger partial charge in [0, 0.05) is 13.0 Å².